The Morgan fingerprint density at radius 2 is 1.12 bits per heavy atom. The van der Waals surface area contributed by atoms with Gasteiger partial charge in [0.1, 0.15) is 0 Å². The highest BCUT2D eigenvalue weighted by Crippen LogP contribution is 2.39. The highest BCUT2D eigenvalue weighted by Gasteiger charge is 2.29. The van der Waals surface area contributed by atoms with E-state index in [1.165, 1.54) is 44.9 Å². The van der Waals surface area contributed by atoms with Gasteiger partial charge < -0.3 is 5.11 Å². The molecule has 1 N–H and O–H groups in total. The van der Waals surface area contributed by atoms with E-state index in [1.54, 1.807) is 0 Å². The Morgan fingerprint density at radius 3 is 1.53 bits per heavy atom. The second kappa shape index (κ2) is 8.13. The molecule has 1 heteroatoms. The van der Waals surface area contributed by atoms with Crippen LogP contribution >= 0.6 is 0 Å². The van der Waals surface area contributed by atoms with Crippen LogP contribution in [0.2, 0.25) is 0 Å². The van der Waals surface area contributed by atoms with Gasteiger partial charge in [0.15, 0.2) is 0 Å². The van der Waals surface area contributed by atoms with Gasteiger partial charge in [0.25, 0.3) is 0 Å². The van der Waals surface area contributed by atoms with Crippen LogP contribution in [0.3, 0.4) is 0 Å². The first-order chi connectivity index (χ1) is 8.17. The predicted molar refractivity (Wildman–Crippen MR) is 75.1 cm³/mol. The molecule has 0 bridgehead atoms. The van der Waals surface area contributed by atoms with Gasteiger partial charge in [-0.15, -0.1) is 0 Å². The topological polar surface area (TPSA) is 20.2 Å². The van der Waals surface area contributed by atoms with Crippen LogP contribution in [0, 0.1) is 17.8 Å². The summed E-state index contributed by atoms with van der Waals surface area (Å²) < 4.78 is 0. The summed E-state index contributed by atoms with van der Waals surface area (Å²) in [4.78, 5) is 0. The fraction of sp³-hybridized carbons (Fsp3) is 1.00. The molecule has 17 heavy (non-hydrogen) atoms. The van der Waals surface area contributed by atoms with Crippen molar-refractivity contribution in [3.05, 3.63) is 0 Å². The van der Waals surface area contributed by atoms with Gasteiger partial charge in [-0.05, 0) is 56.3 Å². The lowest BCUT2D eigenvalue weighted by molar-refractivity contribution is 0.0780. The minimum atomic E-state index is 0.0220. The fourth-order valence-corrected chi connectivity index (χ4v) is 3.33. The third-order valence-electron chi connectivity index (χ3n) is 4.47. The standard InChI is InChI=1S/C13H24O.C3H8/c1-10-2-4-11(5-3-10)12-6-8-13(14)9-7-12;1-3-2/h10-14H,2-9H2,1H3;3H2,1-2H3. The third-order valence-corrected chi connectivity index (χ3v) is 4.47. The molecular formula is C16H32O. The summed E-state index contributed by atoms with van der Waals surface area (Å²) in [6.45, 7) is 6.64. The van der Waals surface area contributed by atoms with E-state index in [4.69, 9.17) is 0 Å². The van der Waals surface area contributed by atoms with E-state index in [1.807, 2.05) is 0 Å². The number of hydrogen-bond acceptors (Lipinski definition) is 1. The van der Waals surface area contributed by atoms with Crippen molar-refractivity contribution in [2.24, 2.45) is 17.8 Å². The molecule has 0 aliphatic heterocycles. The van der Waals surface area contributed by atoms with Crippen molar-refractivity contribution in [2.45, 2.75) is 84.7 Å². The number of aliphatic hydroxyl groups is 1. The van der Waals surface area contributed by atoms with Gasteiger partial charge in [-0.3, -0.25) is 0 Å². The Balaban J connectivity index is 0.000000437. The van der Waals surface area contributed by atoms with Crippen molar-refractivity contribution in [3.63, 3.8) is 0 Å². The number of hydrogen-bond donors (Lipinski definition) is 1. The molecule has 0 unspecified atom stereocenters. The normalized spacial score (nSPS) is 38.1. The lowest BCUT2D eigenvalue weighted by Gasteiger charge is -2.36. The van der Waals surface area contributed by atoms with E-state index >= 15 is 0 Å². The summed E-state index contributed by atoms with van der Waals surface area (Å²) in [7, 11) is 0. The molecule has 2 aliphatic carbocycles. The van der Waals surface area contributed by atoms with Crippen LogP contribution in [0.5, 0.6) is 0 Å². The van der Waals surface area contributed by atoms with E-state index in [-0.39, 0.29) is 6.10 Å². The molecule has 102 valence electrons. The van der Waals surface area contributed by atoms with Crippen LogP contribution in [0.25, 0.3) is 0 Å². The molecule has 0 radical (unpaired) electrons. The molecule has 1 nitrogen and oxygen atoms in total. The summed E-state index contributed by atoms with van der Waals surface area (Å²) in [5.41, 5.74) is 0. The Morgan fingerprint density at radius 1 is 0.765 bits per heavy atom. The largest absolute Gasteiger partial charge is 0.393 e. The second-order valence-corrected chi connectivity index (χ2v) is 6.30. The van der Waals surface area contributed by atoms with Gasteiger partial charge in [0.2, 0.25) is 0 Å². The van der Waals surface area contributed by atoms with Crippen LogP contribution in [-0.2, 0) is 0 Å². The highest BCUT2D eigenvalue weighted by molar-refractivity contribution is 4.80. The molecule has 0 saturated heterocycles. The van der Waals surface area contributed by atoms with Gasteiger partial charge in [0.05, 0.1) is 6.10 Å². The molecule has 0 aromatic carbocycles. The smallest absolute Gasteiger partial charge is 0.0540 e. The quantitative estimate of drug-likeness (QED) is 0.699. The van der Waals surface area contributed by atoms with Crippen LogP contribution < -0.4 is 0 Å². The molecule has 2 saturated carbocycles. The zero-order valence-corrected chi connectivity index (χ0v) is 12.1. The Kier molecular flexibility index (Phi) is 7.18. The van der Waals surface area contributed by atoms with E-state index in [0.717, 1.165) is 30.6 Å². The number of aliphatic hydroxyl groups excluding tert-OH is 1. The molecule has 0 atom stereocenters. The van der Waals surface area contributed by atoms with Crippen molar-refractivity contribution in [3.8, 4) is 0 Å². The summed E-state index contributed by atoms with van der Waals surface area (Å²) in [5, 5.41) is 9.47. The summed E-state index contributed by atoms with van der Waals surface area (Å²) in [5.74, 6) is 2.92. The average Bonchev–Trinajstić information content (AvgIpc) is 2.32. The van der Waals surface area contributed by atoms with Crippen LogP contribution in [0.15, 0.2) is 0 Å². The Bertz CT molecular complexity index is 154. The molecule has 2 aliphatic rings. The van der Waals surface area contributed by atoms with Gasteiger partial charge in [-0.2, -0.15) is 0 Å². The Labute approximate surface area is 108 Å². The molecular weight excluding hydrogens is 208 g/mol. The van der Waals surface area contributed by atoms with Crippen LogP contribution in [0.1, 0.15) is 78.6 Å². The molecule has 0 aromatic rings. The minimum Gasteiger partial charge on any atom is -0.393 e. The van der Waals surface area contributed by atoms with Gasteiger partial charge in [0, 0.05) is 0 Å². The lowest BCUT2D eigenvalue weighted by atomic mass is 9.71. The molecule has 2 fully saturated rings. The van der Waals surface area contributed by atoms with Crippen molar-refractivity contribution in [2.75, 3.05) is 0 Å². The van der Waals surface area contributed by atoms with Crippen molar-refractivity contribution in [1.29, 1.82) is 0 Å². The molecule has 0 heterocycles. The zero-order chi connectivity index (χ0) is 12.7. The van der Waals surface area contributed by atoms with Gasteiger partial charge in [-0.25, -0.2) is 0 Å². The average molecular weight is 240 g/mol. The highest BCUT2D eigenvalue weighted by atomic mass is 16.3. The van der Waals surface area contributed by atoms with Crippen molar-refractivity contribution in [1.82, 2.24) is 0 Å². The maximum Gasteiger partial charge on any atom is 0.0540 e. The van der Waals surface area contributed by atoms with Crippen molar-refractivity contribution < 1.29 is 5.11 Å². The second-order valence-electron chi connectivity index (χ2n) is 6.30. The first-order valence-electron chi connectivity index (χ1n) is 7.85. The molecule has 0 spiro atoms. The van der Waals surface area contributed by atoms with Gasteiger partial charge >= 0.3 is 0 Å². The maximum absolute atomic E-state index is 9.47. The van der Waals surface area contributed by atoms with E-state index in [0.29, 0.717) is 0 Å². The Hall–Kier alpha value is -0.0400. The van der Waals surface area contributed by atoms with Gasteiger partial charge in [-0.1, -0.05) is 40.0 Å². The SMILES string of the molecule is CC1CCC(C2CCC(O)CC2)CC1.CCC. The zero-order valence-electron chi connectivity index (χ0n) is 12.1. The molecule has 0 amide bonds. The predicted octanol–water partition coefficient (Wildman–Crippen LogP) is 4.78. The monoisotopic (exact) mass is 240 g/mol. The number of rotatable bonds is 1. The summed E-state index contributed by atoms with van der Waals surface area (Å²) in [6.07, 6.45) is 11.8. The fourth-order valence-electron chi connectivity index (χ4n) is 3.33. The van der Waals surface area contributed by atoms with E-state index in [2.05, 4.69) is 20.8 Å². The molecule has 0 aromatic heterocycles. The molecule has 2 rings (SSSR count). The maximum atomic E-state index is 9.47. The summed E-state index contributed by atoms with van der Waals surface area (Å²) >= 11 is 0. The van der Waals surface area contributed by atoms with Crippen LogP contribution in [0.4, 0.5) is 0 Å². The van der Waals surface area contributed by atoms with Crippen molar-refractivity contribution >= 4 is 0 Å². The third kappa shape index (κ3) is 5.42. The minimum absolute atomic E-state index is 0.0220. The van der Waals surface area contributed by atoms with Crippen LogP contribution in [-0.4, -0.2) is 11.2 Å². The first-order valence-corrected chi connectivity index (χ1v) is 7.85. The lowest BCUT2D eigenvalue weighted by Crippen LogP contribution is -2.26. The summed E-state index contributed by atoms with van der Waals surface area (Å²) in [6, 6.07) is 0. The van der Waals surface area contributed by atoms with E-state index in [9.17, 15) is 5.11 Å². The first kappa shape index (κ1) is 15.0. The van der Waals surface area contributed by atoms with E-state index < -0.39 is 0 Å².